The van der Waals surface area contributed by atoms with Gasteiger partial charge in [0.2, 0.25) is 0 Å². The summed E-state index contributed by atoms with van der Waals surface area (Å²) in [6, 6.07) is 7.15. The Hall–Kier alpha value is -2.01. The molecule has 6 heteroatoms. The highest BCUT2D eigenvalue weighted by Gasteiger charge is 2.15. The van der Waals surface area contributed by atoms with Gasteiger partial charge in [-0.3, -0.25) is 9.48 Å². The molecule has 22 heavy (non-hydrogen) atoms. The first kappa shape index (κ1) is 16.4. The van der Waals surface area contributed by atoms with Crippen LogP contribution in [0.25, 0.3) is 0 Å². The number of carbonyl (C=O) groups excluding carboxylic acids is 1. The highest BCUT2D eigenvalue weighted by Crippen LogP contribution is 2.33. The average molecular weight is 322 g/mol. The summed E-state index contributed by atoms with van der Waals surface area (Å²) in [6.07, 6.45) is 2.64. The zero-order chi connectivity index (χ0) is 16.1. The topological polar surface area (TPSA) is 56.1 Å². The van der Waals surface area contributed by atoms with Gasteiger partial charge in [-0.05, 0) is 38.5 Å². The van der Waals surface area contributed by atoms with Gasteiger partial charge in [-0.1, -0.05) is 24.6 Å². The first-order valence-corrected chi connectivity index (χ1v) is 7.68. The largest absolute Gasteiger partial charge is 0.490 e. The summed E-state index contributed by atoms with van der Waals surface area (Å²) >= 11 is 6.14. The molecule has 0 radical (unpaired) electrons. The normalized spacial score (nSPS) is 10.8. The monoisotopic (exact) mass is 321 g/mol. The fourth-order valence-electron chi connectivity index (χ4n) is 1.89. The van der Waals surface area contributed by atoms with Crippen LogP contribution in [-0.2, 0) is 0 Å². The van der Waals surface area contributed by atoms with E-state index in [-0.39, 0.29) is 11.9 Å². The molecule has 1 aromatic carbocycles. The Balaban J connectivity index is 2.18. The fourth-order valence-corrected chi connectivity index (χ4v) is 2.12. The number of carbonyl (C=O) groups is 1. The number of ether oxygens (including phenoxy) is 1. The second-order valence-electron chi connectivity index (χ2n) is 5.19. The number of hydrogen-bond acceptors (Lipinski definition) is 3. The van der Waals surface area contributed by atoms with Crippen LogP contribution in [0, 0.1) is 0 Å². The molecule has 1 N–H and O–H groups in total. The van der Waals surface area contributed by atoms with E-state index in [1.54, 1.807) is 35.1 Å². The molecule has 118 valence electrons. The number of amides is 1. The van der Waals surface area contributed by atoms with Crippen molar-refractivity contribution in [3.8, 4) is 5.75 Å². The molecule has 0 bridgehead atoms. The van der Waals surface area contributed by atoms with Gasteiger partial charge in [0.1, 0.15) is 0 Å². The lowest BCUT2D eigenvalue weighted by atomic mass is 10.2. The Bertz CT molecular complexity index is 653. The maximum absolute atomic E-state index is 12.3. The van der Waals surface area contributed by atoms with Gasteiger partial charge in [0.25, 0.3) is 5.91 Å². The molecule has 0 saturated carbocycles. The van der Waals surface area contributed by atoms with Crippen molar-refractivity contribution in [1.82, 2.24) is 9.78 Å². The van der Waals surface area contributed by atoms with Crippen molar-refractivity contribution in [3.63, 3.8) is 0 Å². The van der Waals surface area contributed by atoms with Crippen LogP contribution >= 0.6 is 11.6 Å². The summed E-state index contributed by atoms with van der Waals surface area (Å²) in [7, 11) is 0. The third-order valence-electron chi connectivity index (χ3n) is 3.04. The smallest absolute Gasteiger partial charge is 0.276 e. The minimum absolute atomic E-state index is 0.205. The summed E-state index contributed by atoms with van der Waals surface area (Å²) in [5.41, 5.74) is 0.903. The lowest BCUT2D eigenvalue weighted by Gasteiger charge is -2.13. The van der Waals surface area contributed by atoms with Crippen LogP contribution in [-0.4, -0.2) is 22.3 Å². The average Bonchev–Trinajstić information content (AvgIpc) is 2.97. The van der Waals surface area contributed by atoms with E-state index in [0.29, 0.717) is 28.8 Å². The molecule has 0 unspecified atom stereocenters. The number of benzene rings is 1. The van der Waals surface area contributed by atoms with Crippen LogP contribution in [0.3, 0.4) is 0 Å². The number of para-hydroxylation sites is 1. The molecule has 0 aliphatic carbocycles. The number of hydrogen-bond donors (Lipinski definition) is 1. The molecule has 1 amide bonds. The van der Waals surface area contributed by atoms with Crippen molar-refractivity contribution in [2.45, 2.75) is 33.2 Å². The minimum atomic E-state index is -0.289. The number of halogens is 1. The number of nitrogens with zero attached hydrogens (tertiary/aromatic N) is 2. The van der Waals surface area contributed by atoms with Crippen molar-refractivity contribution >= 4 is 23.2 Å². The standard InChI is InChI=1S/C16H20ClN3O2/c1-4-10-22-15-12(17)6-5-7-13(15)18-16(21)14-8-9-20(19-14)11(2)3/h5-9,11H,4,10H2,1-3H3,(H,18,21). The van der Waals surface area contributed by atoms with Gasteiger partial charge >= 0.3 is 0 Å². The van der Waals surface area contributed by atoms with Crippen LogP contribution < -0.4 is 10.1 Å². The molecule has 0 spiro atoms. The lowest BCUT2D eigenvalue weighted by molar-refractivity contribution is 0.102. The van der Waals surface area contributed by atoms with E-state index in [2.05, 4.69) is 10.4 Å². The molecule has 5 nitrogen and oxygen atoms in total. The molecule has 0 atom stereocenters. The molecule has 0 saturated heterocycles. The molecule has 0 aliphatic heterocycles. The summed E-state index contributed by atoms with van der Waals surface area (Å²) in [5, 5.41) is 7.53. The summed E-state index contributed by atoms with van der Waals surface area (Å²) in [4.78, 5) is 12.3. The van der Waals surface area contributed by atoms with E-state index in [1.807, 2.05) is 20.8 Å². The summed E-state index contributed by atoms with van der Waals surface area (Å²) in [6.45, 7) is 6.55. The molecule has 0 fully saturated rings. The Morgan fingerprint density at radius 3 is 2.82 bits per heavy atom. The van der Waals surface area contributed by atoms with Gasteiger partial charge in [-0.15, -0.1) is 0 Å². The molecular formula is C16H20ClN3O2. The van der Waals surface area contributed by atoms with Gasteiger partial charge in [0, 0.05) is 12.2 Å². The van der Waals surface area contributed by atoms with E-state index in [0.717, 1.165) is 6.42 Å². The Morgan fingerprint density at radius 1 is 1.41 bits per heavy atom. The van der Waals surface area contributed by atoms with Crippen LogP contribution in [0.5, 0.6) is 5.75 Å². The maximum atomic E-state index is 12.3. The molecule has 1 aromatic heterocycles. The van der Waals surface area contributed by atoms with Gasteiger partial charge in [0.15, 0.2) is 11.4 Å². The van der Waals surface area contributed by atoms with E-state index < -0.39 is 0 Å². The van der Waals surface area contributed by atoms with Crippen LogP contribution in [0.4, 0.5) is 5.69 Å². The first-order chi connectivity index (χ1) is 10.5. The predicted molar refractivity (Wildman–Crippen MR) is 87.8 cm³/mol. The van der Waals surface area contributed by atoms with E-state index in [1.165, 1.54) is 0 Å². The van der Waals surface area contributed by atoms with Crippen molar-refractivity contribution in [2.24, 2.45) is 0 Å². The highest BCUT2D eigenvalue weighted by molar-refractivity contribution is 6.32. The van der Waals surface area contributed by atoms with Crippen LogP contribution in [0.1, 0.15) is 43.7 Å². The number of aromatic nitrogens is 2. The zero-order valence-corrected chi connectivity index (χ0v) is 13.7. The number of nitrogens with one attached hydrogen (secondary N) is 1. The summed E-state index contributed by atoms with van der Waals surface area (Å²) < 4.78 is 7.36. The first-order valence-electron chi connectivity index (χ1n) is 7.30. The third kappa shape index (κ3) is 3.80. The lowest BCUT2D eigenvalue weighted by Crippen LogP contribution is -2.15. The summed E-state index contributed by atoms with van der Waals surface area (Å²) in [5.74, 6) is 0.200. The molecule has 2 rings (SSSR count). The van der Waals surface area contributed by atoms with Gasteiger partial charge < -0.3 is 10.1 Å². The van der Waals surface area contributed by atoms with E-state index >= 15 is 0 Å². The molecular weight excluding hydrogens is 302 g/mol. The number of rotatable bonds is 6. The van der Waals surface area contributed by atoms with Gasteiger partial charge in [-0.25, -0.2) is 0 Å². The van der Waals surface area contributed by atoms with Gasteiger partial charge in [-0.2, -0.15) is 5.10 Å². The second kappa shape index (κ2) is 7.31. The molecule has 0 aliphatic rings. The third-order valence-corrected chi connectivity index (χ3v) is 3.33. The van der Waals surface area contributed by atoms with Crippen molar-refractivity contribution < 1.29 is 9.53 Å². The van der Waals surface area contributed by atoms with Crippen LogP contribution in [0.2, 0.25) is 5.02 Å². The van der Waals surface area contributed by atoms with E-state index in [4.69, 9.17) is 16.3 Å². The maximum Gasteiger partial charge on any atom is 0.276 e. The Morgan fingerprint density at radius 2 is 2.18 bits per heavy atom. The van der Waals surface area contributed by atoms with E-state index in [9.17, 15) is 4.79 Å². The van der Waals surface area contributed by atoms with Crippen LogP contribution in [0.15, 0.2) is 30.5 Å². The number of anilines is 1. The zero-order valence-electron chi connectivity index (χ0n) is 13.0. The Kier molecular flexibility index (Phi) is 5.44. The minimum Gasteiger partial charge on any atom is -0.490 e. The van der Waals surface area contributed by atoms with Crippen molar-refractivity contribution in [1.29, 1.82) is 0 Å². The van der Waals surface area contributed by atoms with Crippen molar-refractivity contribution in [2.75, 3.05) is 11.9 Å². The Labute approximate surface area is 135 Å². The molecule has 2 aromatic rings. The van der Waals surface area contributed by atoms with Crippen molar-refractivity contribution in [3.05, 3.63) is 41.2 Å². The quantitative estimate of drug-likeness (QED) is 0.869. The SMILES string of the molecule is CCCOc1c(Cl)cccc1NC(=O)c1ccn(C(C)C)n1. The second-order valence-corrected chi connectivity index (χ2v) is 5.60. The molecule has 1 heterocycles. The fraction of sp³-hybridized carbons (Fsp3) is 0.375. The van der Waals surface area contributed by atoms with Gasteiger partial charge in [0.05, 0.1) is 17.3 Å². The predicted octanol–water partition coefficient (Wildman–Crippen LogP) is 4.16. The highest BCUT2D eigenvalue weighted by atomic mass is 35.5.